The zero-order chi connectivity index (χ0) is 14.4. The van der Waals surface area contributed by atoms with Gasteiger partial charge in [-0.3, -0.25) is 9.59 Å². The Hall–Kier alpha value is -2.04. The smallest absolute Gasteiger partial charge is 0.308 e. The van der Waals surface area contributed by atoms with Crippen LogP contribution in [0.25, 0.3) is 0 Å². The van der Waals surface area contributed by atoms with E-state index in [9.17, 15) is 9.59 Å². The Bertz CT molecular complexity index is 457. The van der Waals surface area contributed by atoms with Gasteiger partial charge in [-0.2, -0.15) is 0 Å². The summed E-state index contributed by atoms with van der Waals surface area (Å²) in [4.78, 5) is 22.5. The number of amides is 1. The van der Waals surface area contributed by atoms with E-state index in [2.05, 4.69) is 5.32 Å². The molecule has 0 radical (unpaired) electrons. The van der Waals surface area contributed by atoms with E-state index in [0.717, 1.165) is 0 Å². The Kier molecular flexibility index (Phi) is 5.36. The summed E-state index contributed by atoms with van der Waals surface area (Å²) in [5.74, 6) is -1.23. The lowest BCUT2D eigenvalue weighted by molar-refractivity contribution is -0.140. The van der Waals surface area contributed by atoms with Gasteiger partial charge in [0.2, 0.25) is 0 Å². The molecule has 1 aromatic carbocycles. The van der Waals surface area contributed by atoms with Crippen molar-refractivity contribution in [3.63, 3.8) is 0 Å². The van der Waals surface area contributed by atoms with Gasteiger partial charge in [-0.25, -0.2) is 0 Å². The maximum absolute atomic E-state index is 11.9. The van der Waals surface area contributed by atoms with Crippen LogP contribution in [0.4, 0.5) is 0 Å². The van der Waals surface area contributed by atoms with E-state index in [-0.39, 0.29) is 18.6 Å². The molecule has 2 N–H and O–H groups in total. The molecule has 0 saturated heterocycles. The molecular formula is C14H19NO4. The van der Waals surface area contributed by atoms with E-state index in [4.69, 9.17) is 9.84 Å². The maximum atomic E-state index is 11.9. The van der Waals surface area contributed by atoms with Gasteiger partial charge < -0.3 is 15.2 Å². The maximum Gasteiger partial charge on any atom is 0.308 e. The minimum Gasteiger partial charge on any atom is -0.491 e. The van der Waals surface area contributed by atoms with Crippen LogP contribution in [0.3, 0.4) is 0 Å². The van der Waals surface area contributed by atoms with Crippen LogP contribution in [0.5, 0.6) is 5.75 Å². The molecule has 19 heavy (non-hydrogen) atoms. The van der Waals surface area contributed by atoms with Crippen molar-refractivity contribution < 1.29 is 19.4 Å². The number of carbonyl (C=O) groups is 2. The topological polar surface area (TPSA) is 75.6 Å². The molecule has 104 valence electrons. The minimum atomic E-state index is -0.933. The highest BCUT2D eigenvalue weighted by molar-refractivity contribution is 5.94. The summed E-state index contributed by atoms with van der Waals surface area (Å²) in [6.07, 6.45) is 0.0327. The van der Waals surface area contributed by atoms with Gasteiger partial charge >= 0.3 is 5.97 Å². The summed E-state index contributed by atoms with van der Waals surface area (Å²) in [5, 5.41) is 11.3. The first-order chi connectivity index (χ1) is 8.90. The fraction of sp³-hybridized carbons (Fsp3) is 0.429. The standard InChI is InChI=1S/C14H19NO4/c1-9(2)19-12-6-4-5-11(7-12)13(16)15-8-10(3)14(17)18/h4-7,9-10H,8H2,1-3H3,(H,15,16)(H,17,18). The van der Waals surface area contributed by atoms with Gasteiger partial charge in [0, 0.05) is 12.1 Å². The molecule has 0 heterocycles. The molecule has 1 unspecified atom stereocenters. The van der Waals surface area contributed by atoms with Crippen molar-refractivity contribution in [1.82, 2.24) is 5.32 Å². The van der Waals surface area contributed by atoms with Crippen LogP contribution in [0.2, 0.25) is 0 Å². The van der Waals surface area contributed by atoms with E-state index in [0.29, 0.717) is 11.3 Å². The summed E-state index contributed by atoms with van der Waals surface area (Å²) in [7, 11) is 0. The van der Waals surface area contributed by atoms with E-state index in [1.807, 2.05) is 13.8 Å². The average molecular weight is 265 g/mol. The number of rotatable bonds is 6. The molecule has 0 fully saturated rings. The molecule has 0 spiro atoms. The Balaban J connectivity index is 2.64. The number of carbonyl (C=O) groups excluding carboxylic acids is 1. The van der Waals surface area contributed by atoms with Crippen LogP contribution in [-0.4, -0.2) is 29.6 Å². The third-order valence-electron chi connectivity index (χ3n) is 2.46. The largest absolute Gasteiger partial charge is 0.491 e. The Morgan fingerprint density at radius 2 is 2.00 bits per heavy atom. The molecule has 0 aliphatic heterocycles. The fourth-order valence-electron chi connectivity index (χ4n) is 1.42. The summed E-state index contributed by atoms with van der Waals surface area (Å²) in [6, 6.07) is 6.80. The molecule has 1 amide bonds. The van der Waals surface area contributed by atoms with Gasteiger partial charge in [-0.05, 0) is 32.0 Å². The summed E-state index contributed by atoms with van der Waals surface area (Å²) >= 11 is 0. The Morgan fingerprint density at radius 3 is 2.58 bits per heavy atom. The number of hydrogen-bond acceptors (Lipinski definition) is 3. The molecule has 0 bridgehead atoms. The summed E-state index contributed by atoms with van der Waals surface area (Å²) < 4.78 is 5.49. The van der Waals surface area contributed by atoms with E-state index < -0.39 is 11.9 Å². The summed E-state index contributed by atoms with van der Waals surface area (Å²) in [6.45, 7) is 5.45. The molecule has 1 rings (SSSR count). The van der Waals surface area contributed by atoms with Crippen LogP contribution in [0, 0.1) is 5.92 Å². The number of carboxylic acid groups (broad SMARTS) is 1. The second-order valence-electron chi connectivity index (χ2n) is 4.64. The number of benzene rings is 1. The lowest BCUT2D eigenvalue weighted by atomic mass is 10.1. The molecule has 5 heteroatoms. The first kappa shape index (κ1) is 15.0. The van der Waals surface area contributed by atoms with Crippen molar-refractivity contribution in [2.75, 3.05) is 6.54 Å². The molecule has 1 aromatic rings. The first-order valence-corrected chi connectivity index (χ1v) is 6.18. The average Bonchev–Trinajstić information content (AvgIpc) is 2.34. The number of carboxylic acids is 1. The van der Waals surface area contributed by atoms with Crippen molar-refractivity contribution in [2.45, 2.75) is 26.9 Å². The van der Waals surface area contributed by atoms with Crippen molar-refractivity contribution in [2.24, 2.45) is 5.92 Å². The van der Waals surface area contributed by atoms with E-state index in [1.54, 1.807) is 31.2 Å². The van der Waals surface area contributed by atoms with Gasteiger partial charge in [-0.15, -0.1) is 0 Å². The molecule has 1 atom stereocenters. The highest BCUT2D eigenvalue weighted by Gasteiger charge is 2.13. The van der Waals surface area contributed by atoms with E-state index in [1.165, 1.54) is 0 Å². The van der Waals surface area contributed by atoms with Gasteiger partial charge in [0.25, 0.3) is 5.91 Å². The number of ether oxygens (including phenoxy) is 1. The van der Waals surface area contributed by atoms with Gasteiger partial charge in [-0.1, -0.05) is 13.0 Å². The van der Waals surface area contributed by atoms with Crippen molar-refractivity contribution in [3.8, 4) is 5.75 Å². The molecular weight excluding hydrogens is 246 g/mol. The van der Waals surface area contributed by atoms with Crippen LogP contribution in [0.15, 0.2) is 24.3 Å². The van der Waals surface area contributed by atoms with Gasteiger partial charge in [0.15, 0.2) is 0 Å². The fourth-order valence-corrected chi connectivity index (χ4v) is 1.42. The normalized spacial score (nSPS) is 12.0. The lowest BCUT2D eigenvalue weighted by Gasteiger charge is -2.12. The zero-order valence-corrected chi connectivity index (χ0v) is 11.3. The first-order valence-electron chi connectivity index (χ1n) is 6.18. The van der Waals surface area contributed by atoms with Crippen molar-refractivity contribution >= 4 is 11.9 Å². The van der Waals surface area contributed by atoms with Crippen LogP contribution in [0.1, 0.15) is 31.1 Å². The second kappa shape index (κ2) is 6.78. The monoisotopic (exact) mass is 265 g/mol. The van der Waals surface area contributed by atoms with Crippen LogP contribution < -0.4 is 10.1 Å². The third-order valence-corrected chi connectivity index (χ3v) is 2.46. The molecule has 0 aliphatic rings. The number of nitrogens with one attached hydrogen (secondary N) is 1. The highest BCUT2D eigenvalue weighted by Crippen LogP contribution is 2.14. The molecule has 0 aromatic heterocycles. The summed E-state index contributed by atoms with van der Waals surface area (Å²) in [5.41, 5.74) is 0.454. The van der Waals surface area contributed by atoms with E-state index >= 15 is 0 Å². The predicted molar refractivity (Wildman–Crippen MR) is 71.3 cm³/mol. The zero-order valence-electron chi connectivity index (χ0n) is 11.3. The molecule has 0 aliphatic carbocycles. The van der Waals surface area contributed by atoms with Crippen molar-refractivity contribution in [1.29, 1.82) is 0 Å². The van der Waals surface area contributed by atoms with Gasteiger partial charge in [0.05, 0.1) is 12.0 Å². The predicted octanol–water partition coefficient (Wildman–Crippen LogP) is 1.92. The second-order valence-corrected chi connectivity index (χ2v) is 4.64. The van der Waals surface area contributed by atoms with Crippen molar-refractivity contribution in [3.05, 3.63) is 29.8 Å². The highest BCUT2D eigenvalue weighted by atomic mass is 16.5. The Labute approximate surface area is 112 Å². The Morgan fingerprint density at radius 1 is 1.32 bits per heavy atom. The molecule has 5 nitrogen and oxygen atoms in total. The SMILES string of the molecule is CC(C)Oc1cccc(C(=O)NCC(C)C(=O)O)c1. The lowest BCUT2D eigenvalue weighted by Crippen LogP contribution is -2.31. The number of aliphatic carboxylic acids is 1. The third kappa shape index (κ3) is 4.99. The van der Waals surface area contributed by atoms with Gasteiger partial charge in [0.1, 0.15) is 5.75 Å². The minimum absolute atomic E-state index is 0.0327. The quantitative estimate of drug-likeness (QED) is 0.824. The number of hydrogen-bond donors (Lipinski definition) is 2. The molecule has 0 saturated carbocycles. The van der Waals surface area contributed by atoms with Crippen LogP contribution in [-0.2, 0) is 4.79 Å². The van der Waals surface area contributed by atoms with Crippen LogP contribution >= 0.6 is 0 Å².